The van der Waals surface area contributed by atoms with Gasteiger partial charge in [-0.3, -0.25) is 0 Å². The van der Waals surface area contributed by atoms with Crippen molar-refractivity contribution < 1.29 is 4.79 Å². The Kier molecular flexibility index (Phi) is 4.48. The lowest BCUT2D eigenvalue weighted by atomic mass is 10.1. The fraction of sp³-hybridized carbons (Fsp3) is 0.261. The second kappa shape index (κ2) is 6.95. The molecular formula is C23H25N3O. The molecule has 0 saturated carbocycles. The number of hydrogen-bond donors (Lipinski definition) is 1. The smallest absolute Gasteiger partial charge is 0.318 e. The summed E-state index contributed by atoms with van der Waals surface area (Å²) in [7, 11) is 0. The molecule has 4 rings (SSSR count). The molecule has 0 radical (unpaired) electrons. The molecule has 2 amide bonds. The monoisotopic (exact) mass is 359 g/mol. The van der Waals surface area contributed by atoms with Crippen LogP contribution in [0.1, 0.15) is 41.8 Å². The minimum atomic E-state index is -0.0606. The molecule has 0 aliphatic carbocycles. The molecule has 2 aromatic carbocycles. The highest BCUT2D eigenvalue weighted by Crippen LogP contribution is 2.34. The van der Waals surface area contributed by atoms with Crippen molar-refractivity contribution in [1.82, 2.24) is 9.47 Å². The fourth-order valence-electron chi connectivity index (χ4n) is 3.88. The Hall–Kier alpha value is -3.01. The second-order valence-electron chi connectivity index (χ2n) is 7.21. The molecule has 1 unspecified atom stereocenters. The van der Waals surface area contributed by atoms with Crippen LogP contribution in [0.3, 0.4) is 0 Å². The first-order valence-corrected chi connectivity index (χ1v) is 9.49. The van der Waals surface area contributed by atoms with Crippen molar-refractivity contribution in [3.8, 4) is 5.69 Å². The van der Waals surface area contributed by atoms with Crippen molar-refractivity contribution in [2.45, 2.75) is 39.8 Å². The highest BCUT2D eigenvalue weighted by Gasteiger charge is 2.30. The summed E-state index contributed by atoms with van der Waals surface area (Å²) in [5.74, 6) is 0. The van der Waals surface area contributed by atoms with E-state index in [4.69, 9.17) is 0 Å². The third kappa shape index (κ3) is 3.12. The first-order chi connectivity index (χ1) is 13.1. The predicted molar refractivity (Wildman–Crippen MR) is 109 cm³/mol. The van der Waals surface area contributed by atoms with E-state index in [0.29, 0.717) is 6.54 Å². The standard InChI is InChI=1S/C23H25N3O/c1-4-20-22-10-7-13-25(22)21-9-6-5-8-18(21)15-26(20)23(27)24-19-12-11-16(2)17(3)14-19/h5-14,20H,4,15H2,1-3H3,(H,24,27). The van der Waals surface area contributed by atoms with Crippen LogP contribution in [-0.4, -0.2) is 15.5 Å². The van der Waals surface area contributed by atoms with Crippen LogP contribution in [0.4, 0.5) is 10.5 Å². The van der Waals surface area contributed by atoms with Gasteiger partial charge in [0, 0.05) is 17.6 Å². The molecule has 1 aliphatic rings. The van der Waals surface area contributed by atoms with Gasteiger partial charge in [0.1, 0.15) is 0 Å². The van der Waals surface area contributed by atoms with Gasteiger partial charge in [-0.2, -0.15) is 0 Å². The van der Waals surface area contributed by atoms with E-state index in [0.717, 1.165) is 29.1 Å². The zero-order valence-corrected chi connectivity index (χ0v) is 16.1. The van der Waals surface area contributed by atoms with Crippen LogP contribution >= 0.6 is 0 Å². The number of nitrogens with zero attached hydrogens (tertiary/aromatic N) is 2. The molecule has 1 aromatic heterocycles. The van der Waals surface area contributed by atoms with Crippen molar-refractivity contribution in [2.75, 3.05) is 5.32 Å². The summed E-state index contributed by atoms with van der Waals surface area (Å²) < 4.78 is 2.22. The summed E-state index contributed by atoms with van der Waals surface area (Å²) in [5, 5.41) is 3.10. The number of anilines is 1. The SMILES string of the molecule is CCC1c2cccn2-c2ccccc2CN1C(=O)Nc1ccc(C)c(C)c1. The van der Waals surface area contributed by atoms with Gasteiger partial charge in [0.05, 0.1) is 18.3 Å². The number of urea groups is 1. The average Bonchev–Trinajstić information content (AvgIpc) is 3.09. The molecule has 4 nitrogen and oxygen atoms in total. The minimum absolute atomic E-state index is 0.0268. The van der Waals surface area contributed by atoms with Crippen molar-refractivity contribution in [1.29, 1.82) is 0 Å². The van der Waals surface area contributed by atoms with Gasteiger partial charge >= 0.3 is 6.03 Å². The Bertz CT molecular complexity index is 989. The largest absolute Gasteiger partial charge is 0.322 e. The molecule has 0 saturated heterocycles. The molecule has 1 atom stereocenters. The molecule has 1 N–H and O–H groups in total. The van der Waals surface area contributed by atoms with Crippen molar-refractivity contribution in [3.63, 3.8) is 0 Å². The number of nitrogens with one attached hydrogen (secondary N) is 1. The maximum Gasteiger partial charge on any atom is 0.322 e. The molecule has 2 heterocycles. The number of aryl methyl sites for hydroxylation is 2. The molecule has 1 aliphatic heterocycles. The molecule has 4 heteroatoms. The number of hydrogen-bond acceptors (Lipinski definition) is 1. The van der Waals surface area contributed by atoms with Gasteiger partial charge in [-0.05, 0) is 67.3 Å². The van der Waals surface area contributed by atoms with Crippen LogP contribution in [0.2, 0.25) is 0 Å². The summed E-state index contributed by atoms with van der Waals surface area (Å²) in [5.41, 5.74) is 6.69. The van der Waals surface area contributed by atoms with Crippen molar-refractivity contribution in [2.24, 2.45) is 0 Å². The first kappa shape index (κ1) is 17.4. The van der Waals surface area contributed by atoms with Gasteiger partial charge in [-0.25, -0.2) is 4.79 Å². The van der Waals surface area contributed by atoms with Crippen molar-refractivity contribution in [3.05, 3.63) is 83.2 Å². The topological polar surface area (TPSA) is 37.3 Å². The lowest BCUT2D eigenvalue weighted by molar-refractivity contribution is 0.181. The third-order valence-corrected chi connectivity index (χ3v) is 5.50. The summed E-state index contributed by atoms with van der Waals surface area (Å²) >= 11 is 0. The Morgan fingerprint density at radius 2 is 1.89 bits per heavy atom. The Balaban J connectivity index is 1.71. The van der Waals surface area contributed by atoms with Crippen LogP contribution in [0.25, 0.3) is 5.69 Å². The summed E-state index contributed by atoms with van der Waals surface area (Å²) in [6, 6.07) is 18.5. The predicted octanol–water partition coefficient (Wildman–Crippen LogP) is 5.59. The maximum atomic E-state index is 13.2. The van der Waals surface area contributed by atoms with Crippen LogP contribution in [0.15, 0.2) is 60.8 Å². The fourth-order valence-corrected chi connectivity index (χ4v) is 3.88. The van der Waals surface area contributed by atoms with Crippen LogP contribution in [0.5, 0.6) is 0 Å². The lowest BCUT2D eigenvalue weighted by Gasteiger charge is -2.30. The molecule has 0 fully saturated rings. The Labute approximate surface area is 160 Å². The second-order valence-corrected chi connectivity index (χ2v) is 7.21. The number of carbonyl (C=O) groups excluding carboxylic acids is 1. The number of aromatic nitrogens is 1. The molecule has 138 valence electrons. The zero-order chi connectivity index (χ0) is 19.0. The number of carbonyl (C=O) groups is 1. The molecule has 0 spiro atoms. The van der Waals surface area contributed by atoms with Gasteiger partial charge in [0.15, 0.2) is 0 Å². The van der Waals surface area contributed by atoms with Crippen LogP contribution < -0.4 is 5.32 Å². The van der Waals surface area contributed by atoms with E-state index in [2.05, 4.69) is 61.1 Å². The van der Waals surface area contributed by atoms with Gasteiger partial charge in [-0.15, -0.1) is 0 Å². The van der Waals surface area contributed by atoms with E-state index in [1.807, 2.05) is 35.2 Å². The van der Waals surface area contributed by atoms with Gasteiger partial charge in [-0.1, -0.05) is 31.2 Å². The number of amides is 2. The summed E-state index contributed by atoms with van der Waals surface area (Å²) in [6.45, 7) is 6.87. The average molecular weight is 359 g/mol. The van der Waals surface area contributed by atoms with Gasteiger partial charge in [0.2, 0.25) is 0 Å². The first-order valence-electron chi connectivity index (χ1n) is 9.49. The van der Waals surface area contributed by atoms with Crippen molar-refractivity contribution >= 4 is 11.7 Å². The van der Waals surface area contributed by atoms with Crippen LogP contribution in [-0.2, 0) is 6.54 Å². The Morgan fingerprint density at radius 1 is 1.07 bits per heavy atom. The van der Waals surface area contributed by atoms with E-state index in [1.165, 1.54) is 11.1 Å². The molecule has 27 heavy (non-hydrogen) atoms. The molecule has 0 bridgehead atoms. The number of benzene rings is 2. The normalized spacial score (nSPS) is 15.7. The third-order valence-electron chi connectivity index (χ3n) is 5.50. The number of fused-ring (bicyclic) bond motifs is 3. The summed E-state index contributed by atoms with van der Waals surface area (Å²) in [6.07, 6.45) is 2.94. The number of para-hydroxylation sites is 1. The van der Waals surface area contributed by atoms with Gasteiger partial charge in [0.25, 0.3) is 0 Å². The lowest BCUT2D eigenvalue weighted by Crippen LogP contribution is -2.37. The number of rotatable bonds is 2. The van der Waals surface area contributed by atoms with E-state index in [-0.39, 0.29) is 12.1 Å². The quantitative estimate of drug-likeness (QED) is 0.636. The van der Waals surface area contributed by atoms with Gasteiger partial charge < -0.3 is 14.8 Å². The minimum Gasteiger partial charge on any atom is -0.318 e. The maximum absolute atomic E-state index is 13.2. The molecule has 3 aromatic rings. The van der Waals surface area contributed by atoms with E-state index < -0.39 is 0 Å². The highest BCUT2D eigenvalue weighted by atomic mass is 16.2. The van der Waals surface area contributed by atoms with E-state index in [9.17, 15) is 4.79 Å². The highest BCUT2D eigenvalue weighted by molar-refractivity contribution is 5.90. The van der Waals surface area contributed by atoms with E-state index >= 15 is 0 Å². The Morgan fingerprint density at radius 3 is 2.67 bits per heavy atom. The summed E-state index contributed by atoms with van der Waals surface area (Å²) in [4.78, 5) is 15.2. The van der Waals surface area contributed by atoms with Crippen LogP contribution in [0, 0.1) is 13.8 Å². The molecular weight excluding hydrogens is 334 g/mol. The zero-order valence-electron chi connectivity index (χ0n) is 16.1. The van der Waals surface area contributed by atoms with E-state index in [1.54, 1.807) is 0 Å².